The Morgan fingerprint density at radius 2 is 1.73 bits per heavy atom. The Hall–Kier alpha value is -3.21. The van der Waals surface area contributed by atoms with Crippen molar-refractivity contribution < 1.29 is 19.4 Å². The Bertz CT molecular complexity index is 987. The third kappa shape index (κ3) is 2.52. The molecule has 1 aliphatic rings. The zero-order valence-corrected chi connectivity index (χ0v) is 14.6. The number of benzene rings is 3. The summed E-state index contributed by atoms with van der Waals surface area (Å²) in [6, 6.07) is 15.6. The van der Waals surface area contributed by atoms with E-state index in [0.29, 0.717) is 17.9 Å². The van der Waals surface area contributed by atoms with Gasteiger partial charge in [-0.1, -0.05) is 36.4 Å². The van der Waals surface area contributed by atoms with E-state index >= 15 is 0 Å². The fraction of sp³-hybridized carbons (Fsp3) is 0.190. The quantitative estimate of drug-likeness (QED) is 0.749. The van der Waals surface area contributed by atoms with Crippen LogP contribution in [0.5, 0.6) is 17.2 Å². The van der Waals surface area contributed by atoms with Gasteiger partial charge in [-0.2, -0.15) is 0 Å². The second-order valence-electron chi connectivity index (χ2n) is 6.33. The fourth-order valence-corrected chi connectivity index (χ4v) is 3.62. The van der Waals surface area contributed by atoms with Crippen molar-refractivity contribution in [3.63, 3.8) is 0 Å². The first-order valence-electron chi connectivity index (χ1n) is 8.38. The first-order valence-corrected chi connectivity index (χ1v) is 8.38. The Labute approximate surface area is 151 Å². The van der Waals surface area contributed by atoms with Crippen molar-refractivity contribution in [1.29, 1.82) is 0 Å². The molecule has 1 aliphatic heterocycles. The molecule has 5 heteroatoms. The van der Waals surface area contributed by atoms with Gasteiger partial charge in [-0.05, 0) is 28.6 Å². The van der Waals surface area contributed by atoms with Crippen LogP contribution in [0.3, 0.4) is 0 Å². The summed E-state index contributed by atoms with van der Waals surface area (Å²) < 4.78 is 10.5. The summed E-state index contributed by atoms with van der Waals surface area (Å²) in [5.41, 5.74) is 2.75. The van der Waals surface area contributed by atoms with Gasteiger partial charge in [-0.25, -0.2) is 0 Å². The highest BCUT2D eigenvalue weighted by atomic mass is 16.5. The molecule has 1 amide bonds. The molecule has 1 atom stereocenters. The SMILES string of the molecule is COc1cc([C@H]2CC(=O)Nc3c2ccc2ccccc32)cc(OC)c1O. The molecule has 0 fully saturated rings. The van der Waals surface area contributed by atoms with E-state index in [4.69, 9.17) is 9.47 Å². The van der Waals surface area contributed by atoms with Gasteiger partial charge in [0.2, 0.25) is 11.7 Å². The fourth-order valence-electron chi connectivity index (χ4n) is 3.62. The molecule has 0 unspecified atom stereocenters. The van der Waals surface area contributed by atoms with Gasteiger partial charge in [0, 0.05) is 17.7 Å². The van der Waals surface area contributed by atoms with Crippen molar-refractivity contribution in [3.05, 3.63) is 59.7 Å². The predicted molar refractivity (Wildman–Crippen MR) is 100 cm³/mol. The minimum absolute atomic E-state index is 0.0372. The number of aromatic hydroxyl groups is 1. The van der Waals surface area contributed by atoms with Crippen molar-refractivity contribution in [1.82, 2.24) is 0 Å². The molecule has 3 aromatic carbocycles. The number of anilines is 1. The van der Waals surface area contributed by atoms with E-state index in [9.17, 15) is 9.90 Å². The summed E-state index contributed by atoms with van der Waals surface area (Å²) in [5.74, 6) is 0.426. The molecule has 0 bridgehead atoms. The summed E-state index contributed by atoms with van der Waals surface area (Å²) >= 11 is 0. The van der Waals surface area contributed by atoms with E-state index in [-0.39, 0.29) is 17.6 Å². The molecule has 1 heterocycles. The number of rotatable bonds is 3. The lowest BCUT2D eigenvalue weighted by molar-refractivity contribution is -0.116. The molecule has 3 aromatic rings. The smallest absolute Gasteiger partial charge is 0.225 e. The highest BCUT2D eigenvalue weighted by Crippen LogP contribution is 2.45. The number of phenolic OH excluding ortho intramolecular Hbond substituents is 1. The van der Waals surface area contributed by atoms with Crippen LogP contribution in [0.25, 0.3) is 10.8 Å². The highest BCUT2D eigenvalue weighted by Gasteiger charge is 2.29. The van der Waals surface area contributed by atoms with Gasteiger partial charge in [-0.15, -0.1) is 0 Å². The highest BCUT2D eigenvalue weighted by molar-refractivity contribution is 6.06. The largest absolute Gasteiger partial charge is 0.502 e. The van der Waals surface area contributed by atoms with Crippen molar-refractivity contribution in [3.8, 4) is 17.2 Å². The molecule has 5 nitrogen and oxygen atoms in total. The van der Waals surface area contributed by atoms with Crippen LogP contribution in [0, 0.1) is 0 Å². The van der Waals surface area contributed by atoms with Crippen molar-refractivity contribution in [2.24, 2.45) is 0 Å². The van der Waals surface area contributed by atoms with E-state index in [1.54, 1.807) is 12.1 Å². The maximum atomic E-state index is 12.4. The number of hydrogen-bond donors (Lipinski definition) is 2. The van der Waals surface area contributed by atoms with Crippen LogP contribution in [-0.2, 0) is 4.79 Å². The minimum atomic E-state index is -0.147. The predicted octanol–water partition coefficient (Wildman–Crippen LogP) is 4.04. The van der Waals surface area contributed by atoms with Gasteiger partial charge in [0.1, 0.15) is 0 Å². The molecule has 0 aliphatic carbocycles. The number of amides is 1. The van der Waals surface area contributed by atoms with Crippen LogP contribution >= 0.6 is 0 Å². The Balaban J connectivity index is 1.92. The minimum Gasteiger partial charge on any atom is -0.502 e. The Morgan fingerprint density at radius 3 is 2.42 bits per heavy atom. The van der Waals surface area contributed by atoms with Crippen LogP contribution in [0.2, 0.25) is 0 Å². The number of methoxy groups -OCH3 is 2. The molecular weight excluding hydrogens is 330 g/mol. The molecule has 4 rings (SSSR count). The Morgan fingerprint density at radius 1 is 1.04 bits per heavy atom. The zero-order chi connectivity index (χ0) is 18.3. The molecule has 0 spiro atoms. The summed E-state index contributed by atoms with van der Waals surface area (Å²) in [7, 11) is 2.99. The third-order valence-electron chi connectivity index (χ3n) is 4.90. The van der Waals surface area contributed by atoms with Crippen LogP contribution < -0.4 is 14.8 Å². The van der Waals surface area contributed by atoms with Crippen molar-refractivity contribution >= 4 is 22.4 Å². The molecule has 132 valence electrons. The number of hydrogen-bond acceptors (Lipinski definition) is 4. The van der Waals surface area contributed by atoms with Crippen LogP contribution in [0.4, 0.5) is 5.69 Å². The summed E-state index contributed by atoms with van der Waals surface area (Å²) in [6.07, 6.45) is 0.322. The van der Waals surface area contributed by atoms with E-state index in [1.165, 1.54) is 14.2 Å². The topological polar surface area (TPSA) is 67.8 Å². The number of fused-ring (bicyclic) bond motifs is 3. The zero-order valence-electron chi connectivity index (χ0n) is 14.6. The molecular formula is C21H19NO4. The lowest BCUT2D eigenvalue weighted by atomic mass is 9.83. The molecule has 0 radical (unpaired) electrons. The van der Waals surface area contributed by atoms with E-state index in [1.807, 2.05) is 30.3 Å². The number of carbonyl (C=O) groups is 1. The maximum absolute atomic E-state index is 12.4. The van der Waals surface area contributed by atoms with Gasteiger partial charge >= 0.3 is 0 Å². The summed E-state index contributed by atoms with van der Waals surface area (Å²) in [5, 5.41) is 15.3. The number of phenols is 1. The molecule has 2 N–H and O–H groups in total. The second-order valence-corrected chi connectivity index (χ2v) is 6.33. The normalized spacial score (nSPS) is 16.1. The van der Waals surface area contributed by atoms with Gasteiger partial charge in [0.05, 0.1) is 19.9 Å². The average Bonchev–Trinajstić information content (AvgIpc) is 2.67. The monoisotopic (exact) mass is 349 g/mol. The van der Waals surface area contributed by atoms with E-state index in [0.717, 1.165) is 27.6 Å². The maximum Gasteiger partial charge on any atom is 0.225 e. The first-order chi connectivity index (χ1) is 12.6. The van der Waals surface area contributed by atoms with Crippen molar-refractivity contribution in [2.45, 2.75) is 12.3 Å². The molecule has 0 saturated carbocycles. The van der Waals surface area contributed by atoms with Crippen LogP contribution in [0.15, 0.2) is 48.5 Å². The third-order valence-corrected chi connectivity index (χ3v) is 4.90. The molecule has 0 aromatic heterocycles. The molecule has 26 heavy (non-hydrogen) atoms. The summed E-state index contributed by atoms with van der Waals surface area (Å²) in [6.45, 7) is 0. The van der Waals surface area contributed by atoms with Gasteiger partial charge in [0.25, 0.3) is 0 Å². The van der Waals surface area contributed by atoms with E-state index in [2.05, 4.69) is 11.4 Å². The first kappa shape index (κ1) is 16.3. The number of nitrogens with one attached hydrogen (secondary N) is 1. The lowest BCUT2D eigenvalue weighted by Gasteiger charge is -2.28. The number of carbonyl (C=O) groups excluding carboxylic acids is 1. The number of ether oxygens (including phenoxy) is 2. The van der Waals surface area contributed by atoms with Gasteiger partial charge < -0.3 is 19.9 Å². The molecule has 0 saturated heterocycles. The van der Waals surface area contributed by atoms with Crippen LogP contribution in [0.1, 0.15) is 23.5 Å². The summed E-state index contributed by atoms with van der Waals surface area (Å²) in [4.78, 5) is 12.4. The van der Waals surface area contributed by atoms with Gasteiger partial charge in [0.15, 0.2) is 11.5 Å². The standard InChI is InChI=1S/C21H19NO4/c1-25-17-9-13(10-18(26-2)21(17)24)16-11-19(23)22-20-14-6-4-3-5-12(14)7-8-15(16)20/h3-10,16,24H,11H2,1-2H3,(H,22,23)/t16-/m1/s1. The second kappa shape index (κ2) is 6.26. The van der Waals surface area contributed by atoms with Crippen molar-refractivity contribution in [2.75, 3.05) is 19.5 Å². The van der Waals surface area contributed by atoms with E-state index < -0.39 is 0 Å². The Kier molecular flexibility index (Phi) is 3.92. The lowest BCUT2D eigenvalue weighted by Crippen LogP contribution is -2.23. The van der Waals surface area contributed by atoms with Crippen LogP contribution in [-0.4, -0.2) is 25.2 Å². The van der Waals surface area contributed by atoms with Gasteiger partial charge in [-0.3, -0.25) is 4.79 Å². The average molecular weight is 349 g/mol.